The summed E-state index contributed by atoms with van der Waals surface area (Å²) in [4.78, 5) is 11.7. The van der Waals surface area contributed by atoms with Crippen LogP contribution in [0.1, 0.15) is 25.7 Å². The van der Waals surface area contributed by atoms with Crippen molar-refractivity contribution in [3.05, 3.63) is 0 Å². The summed E-state index contributed by atoms with van der Waals surface area (Å²) in [6, 6.07) is -0.0877. The van der Waals surface area contributed by atoms with Crippen LogP contribution in [0.25, 0.3) is 0 Å². The van der Waals surface area contributed by atoms with Gasteiger partial charge < -0.3 is 20.7 Å². The van der Waals surface area contributed by atoms with Crippen molar-refractivity contribution in [2.75, 3.05) is 32.8 Å². The van der Waals surface area contributed by atoms with Gasteiger partial charge in [0.15, 0.2) is 0 Å². The fourth-order valence-electron chi connectivity index (χ4n) is 2.42. The van der Waals surface area contributed by atoms with E-state index in [1.807, 2.05) is 0 Å². The van der Waals surface area contributed by atoms with Gasteiger partial charge in [-0.2, -0.15) is 0 Å². The molecule has 5 heteroatoms. The molecule has 1 saturated carbocycles. The standard InChI is InChI=1S/C12H23N3O2/c16-12(11-9-13-5-6-14-11)15-7-8-17-10-3-1-2-4-10/h10-11,13-14H,1-9H2,(H,15,16). The summed E-state index contributed by atoms with van der Waals surface area (Å²) in [5, 5.41) is 9.29. The maximum atomic E-state index is 11.7. The molecule has 0 aromatic heterocycles. The third-order valence-electron chi connectivity index (χ3n) is 3.41. The predicted molar refractivity (Wildman–Crippen MR) is 65.9 cm³/mol. The van der Waals surface area contributed by atoms with Crippen molar-refractivity contribution in [3.63, 3.8) is 0 Å². The summed E-state index contributed by atoms with van der Waals surface area (Å²) >= 11 is 0. The second-order valence-corrected chi connectivity index (χ2v) is 4.78. The maximum Gasteiger partial charge on any atom is 0.238 e. The first-order valence-corrected chi connectivity index (χ1v) is 6.69. The zero-order chi connectivity index (χ0) is 11.9. The molecule has 0 aromatic carbocycles. The van der Waals surface area contributed by atoms with E-state index >= 15 is 0 Å². The van der Waals surface area contributed by atoms with E-state index in [1.54, 1.807) is 0 Å². The van der Waals surface area contributed by atoms with Crippen molar-refractivity contribution in [3.8, 4) is 0 Å². The first-order valence-electron chi connectivity index (χ1n) is 6.69. The fourth-order valence-corrected chi connectivity index (χ4v) is 2.42. The highest BCUT2D eigenvalue weighted by Crippen LogP contribution is 2.20. The van der Waals surface area contributed by atoms with E-state index in [9.17, 15) is 4.79 Å². The molecule has 5 nitrogen and oxygen atoms in total. The van der Waals surface area contributed by atoms with Crippen molar-refractivity contribution in [1.82, 2.24) is 16.0 Å². The van der Waals surface area contributed by atoms with Crippen LogP contribution < -0.4 is 16.0 Å². The Morgan fingerprint density at radius 2 is 2.12 bits per heavy atom. The number of carbonyl (C=O) groups excluding carboxylic acids is 1. The highest BCUT2D eigenvalue weighted by atomic mass is 16.5. The average molecular weight is 241 g/mol. The third kappa shape index (κ3) is 4.26. The number of amides is 1. The average Bonchev–Trinajstić information content (AvgIpc) is 2.88. The topological polar surface area (TPSA) is 62.4 Å². The van der Waals surface area contributed by atoms with E-state index in [-0.39, 0.29) is 11.9 Å². The normalized spacial score (nSPS) is 26.0. The number of hydrogen-bond acceptors (Lipinski definition) is 4. The molecule has 17 heavy (non-hydrogen) atoms. The molecule has 2 aliphatic rings. The van der Waals surface area contributed by atoms with Crippen LogP contribution in [-0.4, -0.2) is 50.8 Å². The Kier molecular flexibility index (Phi) is 5.22. The van der Waals surface area contributed by atoms with Gasteiger partial charge in [0.1, 0.15) is 0 Å². The Hall–Kier alpha value is -0.650. The van der Waals surface area contributed by atoms with Gasteiger partial charge in [-0.25, -0.2) is 0 Å². The number of carbonyl (C=O) groups is 1. The molecule has 1 heterocycles. The van der Waals surface area contributed by atoms with Crippen molar-refractivity contribution in [2.24, 2.45) is 0 Å². The minimum absolute atomic E-state index is 0.0761. The molecule has 0 aromatic rings. The summed E-state index contributed by atoms with van der Waals surface area (Å²) in [5.41, 5.74) is 0. The van der Waals surface area contributed by atoms with Gasteiger partial charge in [-0.05, 0) is 12.8 Å². The molecule has 1 aliphatic heterocycles. The van der Waals surface area contributed by atoms with E-state index in [4.69, 9.17) is 4.74 Å². The summed E-state index contributed by atoms with van der Waals surface area (Å²) < 4.78 is 5.69. The second-order valence-electron chi connectivity index (χ2n) is 4.78. The van der Waals surface area contributed by atoms with Crippen LogP contribution in [0.2, 0.25) is 0 Å². The summed E-state index contributed by atoms with van der Waals surface area (Å²) in [7, 11) is 0. The Balaban J connectivity index is 1.53. The molecular formula is C12H23N3O2. The molecule has 1 unspecified atom stereocenters. The Labute approximate surface area is 103 Å². The molecule has 0 spiro atoms. The fraction of sp³-hybridized carbons (Fsp3) is 0.917. The quantitative estimate of drug-likeness (QED) is 0.574. The zero-order valence-electron chi connectivity index (χ0n) is 10.3. The predicted octanol–water partition coefficient (Wildman–Crippen LogP) is -0.377. The molecule has 2 fully saturated rings. The molecule has 1 amide bonds. The molecule has 0 bridgehead atoms. The number of ether oxygens (including phenoxy) is 1. The molecule has 2 rings (SSSR count). The first kappa shape index (κ1) is 12.8. The van der Waals surface area contributed by atoms with Gasteiger partial charge in [0, 0.05) is 26.2 Å². The van der Waals surface area contributed by atoms with Crippen LogP contribution in [-0.2, 0) is 9.53 Å². The first-order chi connectivity index (χ1) is 8.36. The van der Waals surface area contributed by atoms with Gasteiger partial charge in [-0.1, -0.05) is 12.8 Å². The maximum absolute atomic E-state index is 11.7. The lowest BCUT2D eigenvalue weighted by Gasteiger charge is -2.23. The molecule has 0 radical (unpaired) electrons. The largest absolute Gasteiger partial charge is 0.376 e. The van der Waals surface area contributed by atoms with Crippen LogP contribution in [0, 0.1) is 0 Å². The summed E-state index contributed by atoms with van der Waals surface area (Å²) in [6.45, 7) is 3.77. The van der Waals surface area contributed by atoms with Crippen LogP contribution in [0.3, 0.4) is 0 Å². The molecule has 1 saturated heterocycles. The number of nitrogens with one attached hydrogen (secondary N) is 3. The van der Waals surface area contributed by atoms with Crippen LogP contribution in [0.15, 0.2) is 0 Å². The molecule has 1 aliphatic carbocycles. The lowest BCUT2D eigenvalue weighted by atomic mass is 10.2. The van der Waals surface area contributed by atoms with E-state index in [2.05, 4.69) is 16.0 Å². The van der Waals surface area contributed by atoms with Gasteiger partial charge in [-0.3, -0.25) is 4.79 Å². The second kappa shape index (κ2) is 6.93. The van der Waals surface area contributed by atoms with Gasteiger partial charge in [0.25, 0.3) is 0 Å². The monoisotopic (exact) mass is 241 g/mol. The van der Waals surface area contributed by atoms with Crippen LogP contribution in [0.5, 0.6) is 0 Å². The molecular weight excluding hydrogens is 218 g/mol. The van der Waals surface area contributed by atoms with Crippen LogP contribution >= 0.6 is 0 Å². The number of piperazine rings is 1. The zero-order valence-corrected chi connectivity index (χ0v) is 10.3. The SMILES string of the molecule is O=C(NCCOC1CCCC1)C1CNCCN1. The summed E-state index contributed by atoms with van der Waals surface area (Å²) in [5.74, 6) is 0.0761. The van der Waals surface area contributed by atoms with E-state index < -0.39 is 0 Å². The van der Waals surface area contributed by atoms with Gasteiger partial charge >= 0.3 is 0 Å². The molecule has 98 valence electrons. The highest BCUT2D eigenvalue weighted by Gasteiger charge is 2.20. The van der Waals surface area contributed by atoms with E-state index in [0.717, 1.165) is 19.6 Å². The Bertz CT molecular complexity index is 236. The van der Waals surface area contributed by atoms with Gasteiger partial charge in [0.2, 0.25) is 5.91 Å². The lowest BCUT2D eigenvalue weighted by Crippen LogP contribution is -2.56. The number of rotatable bonds is 5. The number of hydrogen-bond donors (Lipinski definition) is 3. The lowest BCUT2D eigenvalue weighted by molar-refractivity contribution is -0.123. The Morgan fingerprint density at radius 1 is 1.29 bits per heavy atom. The van der Waals surface area contributed by atoms with Crippen molar-refractivity contribution in [1.29, 1.82) is 0 Å². The van der Waals surface area contributed by atoms with Gasteiger partial charge in [0.05, 0.1) is 18.8 Å². The van der Waals surface area contributed by atoms with E-state index in [0.29, 0.717) is 19.3 Å². The third-order valence-corrected chi connectivity index (χ3v) is 3.41. The molecule has 1 atom stereocenters. The van der Waals surface area contributed by atoms with E-state index in [1.165, 1.54) is 25.7 Å². The minimum atomic E-state index is -0.0877. The summed E-state index contributed by atoms with van der Waals surface area (Å²) in [6.07, 6.45) is 5.37. The van der Waals surface area contributed by atoms with Gasteiger partial charge in [-0.15, -0.1) is 0 Å². The minimum Gasteiger partial charge on any atom is -0.376 e. The Morgan fingerprint density at radius 3 is 2.82 bits per heavy atom. The van der Waals surface area contributed by atoms with Crippen LogP contribution in [0.4, 0.5) is 0 Å². The van der Waals surface area contributed by atoms with Crippen molar-refractivity contribution >= 4 is 5.91 Å². The van der Waals surface area contributed by atoms with Crippen molar-refractivity contribution < 1.29 is 9.53 Å². The highest BCUT2D eigenvalue weighted by molar-refractivity contribution is 5.82. The molecule has 3 N–H and O–H groups in total. The van der Waals surface area contributed by atoms with Crippen molar-refractivity contribution in [2.45, 2.75) is 37.8 Å². The smallest absolute Gasteiger partial charge is 0.238 e.